The number of hydrogen-bond acceptors (Lipinski definition) is 6. The molecule has 1 aliphatic heterocycles. The zero-order chi connectivity index (χ0) is 22.1. The van der Waals surface area contributed by atoms with Crippen LogP contribution in [0.1, 0.15) is 41.9 Å². The molecule has 1 saturated heterocycles. The summed E-state index contributed by atoms with van der Waals surface area (Å²) < 4.78 is 8.76. The predicted octanol–water partition coefficient (Wildman–Crippen LogP) is 1.08. The number of nitrogens with zero attached hydrogens (tertiary/aromatic N) is 5. The van der Waals surface area contributed by atoms with Gasteiger partial charge in [-0.25, -0.2) is 9.78 Å². The average molecular weight is 428 g/mol. The van der Waals surface area contributed by atoms with E-state index in [9.17, 15) is 14.4 Å². The van der Waals surface area contributed by atoms with Gasteiger partial charge in [-0.1, -0.05) is 13.3 Å². The van der Waals surface area contributed by atoms with Crippen molar-refractivity contribution in [3.8, 4) is 0 Å². The van der Waals surface area contributed by atoms with Gasteiger partial charge in [-0.15, -0.1) is 0 Å². The maximum Gasteiger partial charge on any atom is 0.330 e. The lowest BCUT2D eigenvalue weighted by atomic mass is 10.3. The van der Waals surface area contributed by atoms with Gasteiger partial charge in [-0.3, -0.25) is 24.0 Å². The summed E-state index contributed by atoms with van der Waals surface area (Å²) in [6, 6.07) is 3.50. The number of aryl methyl sites for hydroxylation is 3. The normalized spacial score (nSPS) is 15.1. The lowest BCUT2D eigenvalue weighted by Gasteiger charge is -2.34. The molecule has 0 aromatic carbocycles. The van der Waals surface area contributed by atoms with Crippen molar-refractivity contribution in [1.82, 2.24) is 28.9 Å². The summed E-state index contributed by atoms with van der Waals surface area (Å²) in [6.07, 6.45) is 1.77. The van der Waals surface area contributed by atoms with Gasteiger partial charge in [-0.2, -0.15) is 0 Å². The van der Waals surface area contributed by atoms with Gasteiger partial charge < -0.3 is 13.9 Å². The maximum absolute atomic E-state index is 12.6. The minimum atomic E-state index is -0.420. The second kappa shape index (κ2) is 8.54. The monoisotopic (exact) mass is 428 g/mol. The minimum absolute atomic E-state index is 0.0954. The molecule has 4 rings (SSSR count). The zero-order valence-corrected chi connectivity index (χ0v) is 18.2. The Morgan fingerprint density at radius 3 is 2.58 bits per heavy atom. The summed E-state index contributed by atoms with van der Waals surface area (Å²) in [5.74, 6) is 1.71. The fourth-order valence-electron chi connectivity index (χ4n) is 3.97. The van der Waals surface area contributed by atoms with Crippen molar-refractivity contribution in [2.24, 2.45) is 7.05 Å². The first-order valence-electron chi connectivity index (χ1n) is 10.7. The average Bonchev–Trinajstić information content (AvgIpc) is 3.32. The molecular weight excluding hydrogens is 400 g/mol. The van der Waals surface area contributed by atoms with Crippen LogP contribution >= 0.6 is 0 Å². The minimum Gasteiger partial charge on any atom is -0.456 e. The van der Waals surface area contributed by atoms with Gasteiger partial charge in [-0.05, 0) is 25.5 Å². The van der Waals surface area contributed by atoms with E-state index in [0.29, 0.717) is 56.2 Å². The smallest absolute Gasteiger partial charge is 0.330 e. The van der Waals surface area contributed by atoms with E-state index in [1.165, 1.54) is 0 Å². The van der Waals surface area contributed by atoms with E-state index in [1.807, 2.05) is 6.92 Å². The molecule has 0 atom stereocenters. The molecule has 3 aromatic rings. The Hall–Kier alpha value is -3.14. The number of rotatable bonds is 6. The number of hydrogen-bond donors (Lipinski definition) is 1. The predicted molar refractivity (Wildman–Crippen MR) is 115 cm³/mol. The van der Waals surface area contributed by atoms with Crippen LogP contribution in [-0.4, -0.2) is 61.0 Å². The van der Waals surface area contributed by atoms with Crippen LogP contribution in [-0.2, 0) is 20.1 Å². The zero-order valence-electron chi connectivity index (χ0n) is 18.2. The third-order valence-corrected chi connectivity index (χ3v) is 5.82. The summed E-state index contributed by atoms with van der Waals surface area (Å²) in [7, 11) is 1.80. The molecule has 0 unspecified atom stereocenters. The Labute approximate surface area is 179 Å². The number of H-pyrrole nitrogens is 1. The van der Waals surface area contributed by atoms with Crippen LogP contribution in [0.5, 0.6) is 0 Å². The largest absolute Gasteiger partial charge is 0.456 e. The molecule has 166 valence electrons. The highest BCUT2D eigenvalue weighted by atomic mass is 16.3. The van der Waals surface area contributed by atoms with Crippen LogP contribution in [0.4, 0.5) is 0 Å². The van der Waals surface area contributed by atoms with Crippen molar-refractivity contribution in [3.63, 3.8) is 0 Å². The van der Waals surface area contributed by atoms with Gasteiger partial charge in [0, 0.05) is 39.8 Å². The molecule has 3 aromatic heterocycles. The molecule has 1 N–H and O–H groups in total. The second-order valence-corrected chi connectivity index (χ2v) is 8.00. The molecule has 10 nitrogen and oxygen atoms in total. The molecule has 0 saturated carbocycles. The number of amides is 1. The maximum atomic E-state index is 12.6. The van der Waals surface area contributed by atoms with Crippen molar-refractivity contribution in [2.45, 2.75) is 39.8 Å². The first kappa shape index (κ1) is 21.1. The fraction of sp³-hybridized carbons (Fsp3) is 0.524. The Morgan fingerprint density at radius 2 is 1.94 bits per heavy atom. The van der Waals surface area contributed by atoms with Crippen molar-refractivity contribution < 1.29 is 9.21 Å². The highest BCUT2D eigenvalue weighted by molar-refractivity contribution is 5.91. The first-order chi connectivity index (χ1) is 14.9. The Bertz CT molecular complexity index is 1210. The number of aromatic amines is 1. The number of carbonyl (C=O) groups is 1. The van der Waals surface area contributed by atoms with Crippen molar-refractivity contribution in [2.75, 3.05) is 26.2 Å². The molecule has 0 bridgehead atoms. The van der Waals surface area contributed by atoms with Gasteiger partial charge in [0.2, 0.25) is 0 Å². The molecule has 0 radical (unpaired) electrons. The van der Waals surface area contributed by atoms with Crippen LogP contribution < -0.4 is 11.2 Å². The Balaban J connectivity index is 1.50. The SMILES string of the molecule is CCCCn1c(=O)[nH]c(=O)c2c1nc(CN1CCN(C(=O)c3ccc(C)o3)CC1)n2C. The van der Waals surface area contributed by atoms with Gasteiger partial charge >= 0.3 is 5.69 Å². The highest BCUT2D eigenvalue weighted by Crippen LogP contribution is 2.15. The van der Waals surface area contributed by atoms with Crippen LogP contribution in [0.3, 0.4) is 0 Å². The Morgan fingerprint density at radius 1 is 1.19 bits per heavy atom. The first-order valence-corrected chi connectivity index (χ1v) is 10.7. The molecule has 1 fully saturated rings. The van der Waals surface area contributed by atoms with Crippen molar-refractivity contribution in [3.05, 3.63) is 50.3 Å². The van der Waals surface area contributed by atoms with Crippen LogP contribution in [0.25, 0.3) is 11.2 Å². The molecule has 0 aliphatic carbocycles. The number of piperazine rings is 1. The highest BCUT2D eigenvalue weighted by Gasteiger charge is 2.25. The molecule has 10 heteroatoms. The van der Waals surface area contributed by atoms with E-state index < -0.39 is 11.2 Å². The molecule has 0 spiro atoms. The van der Waals surface area contributed by atoms with Gasteiger partial charge in [0.05, 0.1) is 6.54 Å². The van der Waals surface area contributed by atoms with E-state index in [1.54, 1.807) is 33.2 Å². The van der Waals surface area contributed by atoms with Gasteiger partial charge in [0.25, 0.3) is 11.5 Å². The number of imidazole rings is 1. The fourth-order valence-corrected chi connectivity index (χ4v) is 3.97. The van der Waals surface area contributed by atoms with Crippen LogP contribution in [0, 0.1) is 6.92 Å². The van der Waals surface area contributed by atoms with Crippen LogP contribution in [0.15, 0.2) is 26.1 Å². The van der Waals surface area contributed by atoms with E-state index in [0.717, 1.165) is 24.4 Å². The van der Waals surface area contributed by atoms with Gasteiger partial charge in [0.15, 0.2) is 16.9 Å². The molecule has 1 amide bonds. The van der Waals surface area contributed by atoms with Gasteiger partial charge in [0.1, 0.15) is 11.6 Å². The lowest BCUT2D eigenvalue weighted by molar-refractivity contribution is 0.0592. The molecule has 4 heterocycles. The quantitative estimate of drug-likeness (QED) is 0.629. The third kappa shape index (κ3) is 4.07. The molecule has 1 aliphatic rings. The van der Waals surface area contributed by atoms with Crippen molar-refractivity contribution in [1.29, 1.82) is 0 Å². The number of fused-ring (bicyclic) bond motifs is 1. The molecule has 31 heavy (non-hydrogen) atoms. The summed E-state index contributed by atoms with van der Waals surface area (Å²) in [5.41, 5.74) is 0.00320. The second-order valence-electron chi connectivity index (χ2n) is 8.00. The topological polar surface area (TPSA) is 109 Å². The summed E-state index contributed by atoms with van der Waals surface area (Å²) in [5, 5.41) is 0. The number of carbonyl (C=O) groups excluding carboxylic acids is 1. The summed E-state index contributed by atoms with van der Waals surface area (Å²) >= 11 is 0. The van der Waals surface area contributed by atoms with E-state index >= 15 is 0 Å². The standard InChI is InChI=1S/C21H28N6O4/c1-4-5-8-27-18-17(19(28)23-21(27)30)24(3)16(22-18)13-25-9-11-26(12-10-25)20(29)15-7-6-14(2)31-15/h6-7H,4-5,8-13H2,1-3H3,(H,23,28,30). The van der Waals surface area contributed by atoms with Crippen molar-refractivity contribution >= 4 is 17.1 Å². The van der Waals surface area contributed by atoms with E-state index in [4.69, 9.17) is 4.42 Å². The third-order valence-electron chi connectivity index (χ3n) is 5.82. The number of furan rings is 1. The lowest BCUT2D eigenvalue weighted by Crippen LogP contribution is -2.48. The number of unbranched alkanes of at least 4 members (excludes halogenated alkanes) is 1. The van der Waals surface area contributed by atoms with E-state index in [2.05, 4.69) is 21.8 Å². The van der Waals surface area contributed by atoms with E-state index in [-0.39, 0.29) is 5.91 Å². The number of nitrogens with one attached hydrogen (secondary N) is 1. The van der Waals surface area contributed by atoms with Crippen LogP contribution in [0.2, 0.25) is 0 Å². The summed E-state index contributed by atoms with van der Waals surface area (Å²) in [6.45, 7) is 7.48. The number of aromatic nitrogens is 4. The Kier molecular flexibility index (Phi) is 5.81. The summed E-state index contributed by atoms with van der Waals surface area (Å²) in [4.78, 5) is 48.3. The molecular formula is C21H28N6O4.